The van der Waals surface area contributed by atoms with Crippen LogP contribution in [0.2, 0.25) is 5.02 Å². The van der Waals surface area contributed by atoms with Crippen LogP contribution in [0, 0.1) is 11.5 Å². The number of nitriles is 1. The van der Waals surface area contributed by atoms with Crippen LogP contribution in [0.15, 0.2) is 36.8 Å². The average molecular weight is 403 g/mol. The molecule has 144 valence electrons. The number of rotatable bonds is 4. The van der Waals surface area contributed by atoms with Gasteiger partial charge < -0.3 is 20.1 Å². The van der Waals surface area contributed by atoms with Gasteiger partial charge in [0.15, 0.2) is 23.9 Å². The molecule has 1 fully saturated rings. The highest BCUT2D eigenvalue weighted by Crippen LogP contribution is 2.37. The molecule has 0 spiro atoms. The number of hydrogen-bond acceptors (Lipinski definition) is 9. The SMILES string of the molecule is N#CNc1ncnc2c1cnn2[C@@H]1O[C@H](C(O)c2ccc(Cl)cc2)[C@@H](O)[C@H]1O. The fourth-order valence-corrected chi connectivity index (χ4v) is 3.33. The van der Waals surface area contributed by atoms with Crippen LogP contribution in [0.4, 0.5) is 5.82 Å². The summed E-state index contributed by atoms with van der Waals surface area (Å²) in [5, 5.41) is 47.9. The maximum Gasteiger partial charge on any atom is 0.182 e. The number of aromatic nitrogens is 4. The molecule has 4 N–H and O–H groups in total. The van der Waals surface area contributed by atoms with Gasteiger partial charge in [0, 0.05) is 5.02 Å². The second-order valence-corrected chi connectivity index (χ2v) is 6.69. The Bertz CT molecular complexity index is 1040. The lowest BCUT2D eigenvalue weighted by atomic mass is 9.99. The second-order valence-electron chi connectivity index (χ2n) is 6.25. The summed E-state index contributed by atoms with van der Waals surface area (Å²) in [6.45, 7) is 0. The number of fused-ring (bicyclic) bond motifs is 1. The lowest BCUT2D eigenvalue weighted by Gasteiger charge is -2.21. The Hall–Kier alpha value is -2.81. The third-order valence-corrected chi connectivity index (χ3v) is 4.86. The molecular weight excluding hydrogens is 388 g/mol. The third kappa shape index (κ3) is 3.05. The second kappa shape index (κ2) is 7.31. The number of halogens is 1. The van der Waals surface area contributed by atoms with Crippen LogP contribution in [0.3, 0.4) is 0 Å². The maximum absolute atomic E-state index is 10.6. The highest BCUT2D eigenvalue weighted by molar-refractivity contribution is 6.30. The Kier molecular flexibility index (Phi) is 4.84. The zero-order chi connectivity index (χ0) is 19.8. The normalized spacial score (nSPS) is 25.5. The predicted molar refractivity (Wildman–Crippen MR) is 96.9 cm³/mol. The number of benzene rings is 1. The quantitative estimate of drug-likeness (QED) is 0.365. The van der Waals surface area contributed by atoms with Crippen LogP contribution in [0.25, 0.3) is 11.0 Å². The molecule has 3 aromatic rings. The van der Waals surface area contributed by atoms with Gasteiger partial charge in [-0.3, -0.25) is 5.32 Å². The number of aliphatic hydroxyl groups excluding tert-OH is 3. The first-order chi connectivity index (χ1) is 13.5. The van der Waals surface area contributed by atoms with Crippen molar-refractivity contribution >= 4 is 28.5 Å². The minimum Gasteiger partial charge on any atom is -0.387 e. The largest absolute Gasteiger partial charge is 0.387 e. The van der Waals surface area contributed by atoms with Gasteiger partial charge in [-0.25, -0.2) is 14.6 Å². The number of hydrogen-bond donors (Lipinski definition) is 4. The maximum atomic E-state index is 10.6. The summed E-state index contributed by atoms with van der Waals surface area (Å²) in [4.78, 5) is 8.07. The van der Waals surface area contributed by atoms with Crippen LogP contribution in [0.1, 0.15) is 17.9 Å². The van der Waals surface area contributed by atoms with Gasteiger partial charge in [-0.15, -0.1) is 0 Å². The molecule has 0 radical (unpaired) electrons. The molecule has 1 saturated heterocycles. The van der Waals surface area contributed by atoms with Gasteiger partial charge in [0.1, 0.15) is 30.7 Å². The monoisotopic (exact) mass is 402 g/mol. The predicted octanol–water partition coefficient (Wildman–Crippen LogP) is 0.725. The van der Waals surface area contributed by atoms with Crippen molar-refractivity contribution in [2.45, 2.75) is 30.6 Å². The zero-order valence-corrected chi connectivity index (χ0v) is 15.0. The molecule has 28 heavy (non-hydrogen) atoms. The first kappa shape index (κ1) is 18.5. The Balaban J connectivity index is 1.65. The van der Waals surface area contributed by atoms with E-state index in [-0.39, 0.29) is 5.82 Å². The van der Waals surface area contributed by atoms with E-state index >= 15 is 0 Å². The van der Waals surface area contributed by atoms with Crippen molar-refractivity contribution in [3.05, 3.63) is 47.4 Å². The number of anilines is 1. The minimum atomic E-state index is -1.37. The molecule has 1 aliphatic heterocycles. The Labute approximate surface area is 163 Å². The number of aliphatic hydroxyl groups is 3. The summed E-state index contributed by atoms with van der Waals surface area (Å²) >= 11 is 5.86. The first-order valence-corrected chi connectivity index (χ1v) is 8.67. The first-order valence-electron chi connectivity index (χ1n) is 8.29. The molecule has 5 atom stereocenters. The third-order valence-electron chi connectivity index (χ3n) is 4.60. The Morgan fingerprint density at radius 3 is 2.68 bits per heavy atom. The van der Waals surface area contributed by atoms with Gasteiger partial charge in [-0.2, -0.15) is 10.4 Å². The van der Waals surface area contributed by atoms with Gasteiger partial charge in [-0.05, 0) is 17.7 Å². The Morgan fingerprint density at radius 2 is 1.96 bits per heavy atom. The van der Waals surface area contributed by atoms with E-state index in [1.807, 2.05) is 0 Å². The number of ether oxygens (including phenoxy) is 1. The van der Waals surface area contributed by atoms with E-state index in [1.165, 1.54) is 17.2 Å². The molecule has 10 nitrogen and oxygen atoms in total. The highest BCUT2D eigenvalue weighted by Gasteiger charge is 2.48. The van der Waals surface area contributed by atoms with Crippen molar-refractivity contribution in [2.75, 3.05) is 5.32 Å². The molecule has 4 rings (SSSR count). The molecule has 1 aromatic carbocycles. The van der Waals surface area contributed by atoms with E-state index in [0.29, 0.717) is 21.6 Å². The molecule has 3 heterocycles. The topological polar surface area (TPSA) is 149 Å². The van der Waals surface area contributed by atoms with Gasteiger partial charge in [0.05, 0.1) is 11.6 Å². The van der Waals surface area contributed by atoms with Crippen molar-refractivity contribution in [3.63, 3.8) is 0 Å². The summed E-state index contributed by atoms with van der Waals surface area (Å²) < 4.78 is 7.04. The summed E-state index contributed by atoms with van der Waals surface area (Å²) in [6, 6.07) is 6.44. The van der Waals surface area contributed by atoms with Crippen molar-refractivity contribution in [2.24, 2.45) is 0 Å². The van der Waals surface area contributed by atoms with Crippen LogP contribution in [0.5, 0.6) is 0 Å². The molecule has 11 heteroatoms. The molecule has 2 aromatic heterocycles. The van der Waals surface area contributed by atoms with Crippen molar-refractivity contribution in [3.8, 4) is 6.19 Å². The molecular formula is C17H15ClN6O4. The number of nitrogens with zero attached hydrogens (tertiary/aromatic N) is 5. The van der Waals surface area contributed by atoms with Crippen LogP contribution < -0.4 is 5.32 Å². The standard InChI is InChI=1S/C17H15ClN6O4/c18-9-3-1-8(2-4-9)11(25)14-12(26)13(27)17(28-14)24-16-10(5-23-24)15(20-6-19)21-7-22-16/h1-5,7,11-14,17,25-27H,(H,20,21,22)/t11?,12-,13+,14+,17+/m0/s1. The van der Waals surface area contributed by atoms with Gasteiger partial charge in [0.25, 0.3) is 0 Å². The fourth-order valence-electron chi connectivity index (χ4n) is 3.20. The Morgan fingerprint density at radius 1 is 1.21 bits per heavy atom. The molecule has 1 unspecified atom stereocenters. The molecule has 0 amide bonds. The lowest BCUT2D eigenvalue weighted by Crippen LogP contribution is -2.35. The molecule has 0 bridgehead atoms. The van der Waals surface area contributed by atoms with Gasteiger partial charge >= 0.3 is 0 Å². The highest BCUT2D eigenvalue weighted by atomic mass is 35.5. The van der Waals surface area contributed by atoms with Crippen LogP contribution >= 0.6 is 11.6 Å². The van der Waals surface area contributed by atoms with E-state index < -0.39 is 30.6 Å². The molecule has 1 aliphatic rings. The van der Waals surface area contributed by atoms with Gasteiger partial charge in [-0.1, -0.05) is 23.7 Å². The summed E-state index contributed by atoms with van der Waals surface area (Å²) in [5.74, 6) is 0.254. The molecule has 0 aliphatic carbocycles. The smallest absolute Gasteiger partial charge is 0.182 e. The fraction of sp³-hybridized carbons (Fsp3) is 0.294. The lowest BCUT2D eigenvalue weighted by molar-refractivity contribution is -0.0884. The van der Waals surface area contributed by atoms with Crippen molar-refractivity contribution < 1.29 is 20.1 Å². The van der Waals surface area contributed by atoms with E-state index in [9.17, 15) is 15.3 Å². The summed E-state index contributed by atoms with van der Waals surface area (Å²) in [6.07, 6.45) is -1.69. The van der Waals surface area contributed by atoms with Crippen LogP contribution in [-0.4, -0.2) is 53.4 Å². The summed E-state index contributed by atoms with van der Waals surface area (Å²) in [5.41, 5.74) is 0.778. The van der Waals surface area contributed by atoms with Crippen molar-refractivity contribution in [1.29, 1.82) is 5.26 Å². The summed E-state index contributed by atoms with van der Waals surface area (Å²) in [7, 11) is 0. The molecule has 0 saturated carbocycles. The minimum absolute atomic E-state index is 0.254. The van der Waals surface area contributed by atoms with E-state index in [1.54, 1.807) is 30.5 Å². The average Bonchev–Trinajstić information content (AvgIpc) is 3.25. The zero-order valence-electron chi connectivity index (χ0n) is 14.2. The number of nitrogens with one attached hydrogen (secondary N) is 1. The van der Waals surface area contributed by atoms with Gasteiger partial charge in [0.2, 0.25) is 0 Å². The van der Waals surface area contributed by atoms with E-state index in [0.717, 1.165) is 0 Å². The van der Waals surface area contributed by atoms with E-state index in [2.05, 4.69) is 20.4 Å². The van der Waals surface area contributed by atoms with Crippen LogP contribution in [-0.2, 0) is 4.74 Å². The van der Waals surface area contributed by atoms with Crippen molar-refractivity contribution in [1.82, 2.24) is 19.7 Å². The van der Waals surface area contributed by atoms with E-state index in [4.69, 9.17) is 21.6 Å².